The van der Waals surface area contributed by atoms with Crippen molar-refractivity contribution < 1.29 is 4.79 Å². The van der Waals surface area contributed by atoms with Gasteiger partial charge in [0.2, 0.25) is 5.91 Å². The molecule has 2 aromatic rings. The molecule has 0 unspecified atom stereocenters. The van der Waals surface area contributed by atoms with Crippen molar-refractivity contribution in [3.63, 3.8) is 0 Å². The highest BCUT2D eigenvalue weighted by Crippen LogP contribution is 2.22. The van der Waals surface area contributed by atoms with Crippen molar-refractivity contribution in [2.24, 2.45) is 5.73 Å². The topological polar surface area (TPSA) is 48.0 Å². The van der Waals surface area contributed by atoms with Gasteiger partial charge in [-0.1, -0.05) is 12.1 Å². The number of carbonyl (C=O) groups is 1. The number of nitrogens with zero attached hydrogens (tertiary/aromatic N) is 1. The second kappa shape index (κ2) is 3.51. The lowest BCUT2D eigenvalue weighted by molar-refractivity contribution is -0.118. The van der Waals surface area contributed by atoms with Crippen LogP contribution >= 0.6 is 23.6 Å². The normalized spacial score (nSPS) is 10.6. The maximum atomic E-state index is 10.8. The molecule has 0 aliphatic rings. The van der Waals surface area contributed by atoms with E-state index in [1.807, 2.05) is 24.3 Å². The molecular weight excluding hydrogens is 216 g/mol. The second-order valence-electron chi connectivity index (χ2n) is 2.89. The van der Waals surface area contributed by atoms with Crippen LogP contribution in [0.25, 0.3) is 10.2 Å². The van der Waals surface area contributed by atoms with Crippen LogP contribution in [0.15, 0.2) is 24.3 Å². The van der Waals surface area contributed by atoms with Crippen LogP contribution in [0.2, 0.25) is 0 Å². The molecule has 2 rings (SSSR count). The Labute approximate surface area is 89.8 Å². The molecule has 0 fully saturated rings. The summed E-state index contributed by atoms with van der Waals surface area (Å²) in [5.74, 6) is -0.371. The van der Waals surface area contributed by atoms with Crippen molar-refractivity contribution in [3.05, 3.63) is 28.2 Å². The van der Waals surface area contributed by atoms with Gasteiger partial charge in [-0.15, -0.1) is 11.3 Å². The molecular formula is C9H8N2OS2. The molecule has 5 heteroatoms. The zero-order valence-electron chi connectivity index (χ0n) is 7.27. The van der Waals surface area contributed by atoms with Crippen molar-refractivity contribution in [1.82, 2.24) is 4.57 Å². The first kappa shape index (κ1) is 9.36. The van der Waals surface area contributed by atoms with Crippen molar-refractivity contribution in [3.8, 4) is 0 Å². The molecule has 1 amide bonds. The minimum atomic E-state index is -0.371. The van der Waals surface area contributed by atoms with Gasteiger partial charge in [-0.25, -0.2) is 0 Å². The number of hydrogen-bond acceptors (Lipinski definition) is 3. The number of amides is 1. The number of aromatic nitrogens is 1. The van der Waals surface area contributed by atoms with E-state index in [2.05, 4.69) is 0 Å². The molecule has 0 radical (unpaired) electrons. The van der Waals surface area contributed by atoms with E-state index >= 15 is 0 Å². The highest BCUT2D eigenvalue weighted by molar-refractivity contribution is 7.73. The molecule has 0 saturated heterocycles. The number of fused-ring (bicyclic) bond motifs is 1. The molecule has 0 spiro atoms. The van der Waals surface area contributed by atoms with Crippen molar-refractivity contribution in [2.45, 2.75) is 6.54 Å². The molecule has 1 aromatic carbocycles. The first-order valence-electron chi connectivity index (χ1n) is 4.05. The Morgan fingerprint density at radius 1 is 1.50 bits per heavy atom. The van der Waals surface area contributed by atoms with Crippen LogP contribution in [-0.2, 0) is 11.3 Å². The van der Waals surface area contributed by atoms with Crippen molar-refractivity contribution in [1.29, 1.82) is 0 Å². The molecule has 1 aromatic heterocycles. The first-order chi connectivity index (χ1) is 6.68. The molecule has 0 aliphatic heterocycles. The monoisotopic (exact) mass is 224 g/mol. The zero-order chi connectivity index (χ0) is 10.1. The van der Waals surface area contributed by atoms with Gasteiger partial charge in [0.15, 0.2) is 3.95 Å². The fourth-order valence-corrected chi connectivity index (χ4v) is 2.64. The van der Waals surface area contributed by atoms with Crippen molar-refractivity contribution >= 4 is 39.7 Å². The standard InChI is InChI=1S/C9H8N2OS2/c10-8(12)5-11-6-3-1-2-4-7(6)14-9(11)13/h1-4H,5H2,(H2,10,12). The summed E-state index contributed by atoms with van der Waals surface area (Å²) in [6.45, 7) is 0.156. The van der Waals surface area contributed by atoms with Gasteiger partial charge < -0.3 is 10.3 Å². The summed E-state index contributed by atoms with van der Waals surface area (Å²) in [6.07, 6.45) is 0. The Kier molecular flexibility index (Phi) is 2.35. The molecule has 0 atom stereocenters. The lowest BCUT2D eigenvalue weighted by Gasteiger charge is -1.99. The van der Waals surface area contributed by atoms with Gasteiger partial charge >= 0.3 is 0 Å². The quantitative estimate of drug-likeness (QED) is 0.792. The highest BCUT2D eigenvalue weighted by Gasteiger charge is 2.05. The Morgan fingerprint density at radius 3 is 2.93 bits per heavy atom. The summed E-state index contributed by atoms with van der Waals surface area (Å²) < 4.78 is 3.53. The van der Waals surface area contributed by atoms with E-state index in [-0.39, 0.29) is 12.5 Å². The van der Waals surface area contributed by atoms with Gasteiger partial charge in [-0.2, -0.15) is 0 Å². The van der Waals surface area contributed by atoms with Gasteiger partial charge in [0, 0.05) is 0 Å². The van der Waals surface area contributed by atoms with Crippen LogP contribution in [-0.4, -0.2) is 10.5 Å². The number of rotatable bonds is 2. The van der Waals surface area contributed by atoms with E-state index in [4.69, 9.17) is 18.0 Å². The minimum Gasteiger partial charge on any atom is -0.368 e. The molecule has 0 aliphatic carbocycles. The number of para-hydroxylation sites is 1. The maximum Gasteiger partial charge on any atom is 0.237 e. The van der Waals surface area contributed by atoms with E-state index in [0.29, 0.717) is 3.95 Å². The number of carbonyl (C=O) groups excluding carboxylic acids is 1. The molecule has 1 heterocycles. The van der Waals surface area contributed by atoms with Gasteiger partial charge in [-0.3, -0.25) is 4.79 Å². The van der Waals surface area contributed by atoms with E-state index < -0.39 is 0 Å². The van der Waals surface area contributed by atoms with Crippen molar-refractivity contribution in [2.75, 3.05) is 0 Å². The molecule has 2 N–H and O–H groups in total. The third-order valence-electron chi connectivity index (χ3n) is 1.89. The number of thiazole rings is 1. The average molecular weight is 224 g/mol. The van der Waals surface area contributed by atoms with Crippen LogP contribution in [0.3, 0.4) is 0 Å². The van der Waals surface area contributed by atoms with Crippen LogP contribution in [0, 0.1) is 3.95 Å². The molecule has 3 nitrogen and oxygen atoms in total. The maximum absolute atomic E-state index is 10.8. The van der Waals surface area contributed by atoms with Gasteiger partial charge in [0.25, 0.3) is 0 Å². The lowest BCUT2D eigenvalue weighted by atomic mass is 10.3. The highest BCUT2D eigenvalue weighted by atomic mass is 32.1. The summed E-state index contributed by atoms with van der Waals surface area (Å²) in [6, 6.07) is 7.78. The summed E-state index contributed by atoms with van der Waals surface area (Å²) in [5.41, 5.74) is 6.12. The SMILES string of the molecule is NC(=O)Cn1c(=S)sc2ccccc21. The fraction of sp³-hybridized carbons (Fsp3) is 0.111. The average Bonchev–Trinajstić information content (AvgIpc) is 2.43. The van der Waals surface area contributed by atoms with E-state index in [1.165, 1.54) is 11.3 Å². The van der Waals surface area contributed by atoms with Crippen LogP contribution in [0.5, 0.6) is 0 Å². The summed E-state index contributed by atoms with van der Waals surface area (Å²) in [4.78, 5) is 10.8. The molecule has 0 bridgehead atoms. The summed E-state index contributed by atoms with van der Waals surface area (Å²) in [7, 11) is 0. The number of hydrogen-bond donors (Lipinski definition) is 1. The molecule has 14 heavy (non-hydrogen) atoms. The Balaban J connectivity index is 2.68. The lowest BCUT2D eigenvalue weighted by Crippen LogP contribution is -2.18. The smallest absolute Gasteiger partial charge is 0.237 e. The van der Waals surface area contributed by atoms with Gasteiger partial charge in [-0.05, 0) is 24.4 Å². The largest absolute Gasteiger partial charge is 0.368 e. The van der Waals surface area contributed by atoms with E-state index in [9.17, 15) is 4.79 Å². The fourth-order valence-electron chi connectivity index (χ4n) is 1.32. The second-order valence-corrected chi connectivity index (χ2v) is 4.56. The van der Waals surface area contributed by atoms with E-state index in [0.717, 1.165) is 10.2 Å². The number of benzene rings is 1. The van der Waals surface area contributed by atoms with Crippen LogP contribution in [0.4, 0.5) is 0 Å². The number of primary amides is 1. The zero-order valence-corrected chi connectivity index (χ0v) is 8.90. The predicted octanol–water partition coefficient (Wildman–Crippen LogP) is 1.92. The molecule has 0 saturated carbocycles. The van der Waals surface area contributed by atoms with E-state index in [1.54, 1.807) is 4.57 Å². The third-order valence-corrected chi connectivity index (χ3v) is 3.32. The first-order valence-corrected chi connectivity index (χ1v) is 5.27. The summed E-state index contributed by atoms with van der Waals surface area (Å²) >= 11 is 6.64. The Morgan fingerprint density at radius 2 is 2.21 bits per heavy atom. The Hall–Kier alpha value is -1.20. The van der Waals surface area contributed by atoms with Gasteiger partial charge in [0.05, 0.1) is 10.2 Å². The van der Waals surface area contributed by atoms with Crippen LogP contribution < -0.4 is 5.73 Å². The predicted molar refractivity (Wildman–Crippen MR) is 59.8 cm³/mol. The Bertz CT molecular complexity index is 541. The summed E-state index contributed by atoms with van der Waals surface area (Å²) in [5, 5.41) is 0. The number of nitrogens with two attached hydrogens (primary N) is 1. The van der Waals surface area contributed by atoms with Gasteiger partial charge in [0.1, 0.15) is 6.54 Å². The third kappa shape index (κ3) is 1.56. The molecule has 72 valence electrons. The van der Waals surface area contributed by atoms with Crippen LogP contribution in [0.1, 0.15) is 0 Å². The minimum absolute atomic E-state index is 0.156.